The number of carbonyl (C=O) groups excluding carboxylic acids is 3. The van der Waals surface area contributed by atoms with Crippen LogP contribution in [0.2, 0.25) is 0 Å². The van der Waals surface area contributed by atoms with Crippen molar-refractivity contribution in [3.63, 3.8) is 0 Å². The van der Waals surface area contributed by atoms with E-state index in [4.69, 9.17) is 0 Å². The summed E-state index contributed by atoms with van der Waals surface area (Å²) in [5.74, 6) is -2.14. The van der Waals surface area contributed by atoms with E-state index in [2.05, 4.69) is 0 Å². The first-order chi connectivity index (χ1) is 13.3. The highest BCUT2D eigenvalue weighted by Gasteiger charge is 2.40. The Morgan fingerprint density at radius 1 is 1.04 bits per heavy atom. The molecule has 0 spiro atoms. The van der Waals surface area contributed by atoms with Gasteiger partial charge in [0.1, 0.15) is 11.6 Å². The van der Waals surface area contributed by atoms with Crippen LogP contribution in [0.5, 0.6) is 0 Å². The summed E-state index contributed by atoms with van der Waals surface area (Å²) < 4.78 is 0. The summed E-state index contributed by atoms with van der Waals surface area (Å²) >= 11 is 0. The van der Waals surface area contributed by atoms with Crippen LogP contribution in [0.15, 0.2) is 29.8 Å². The minimum Gasteiger partial charge on any atom is -0.480 e. The molecule has 1 saturated heterocycles. The van der Waals surface area contributed by atoms with E-state index in [1.807, 2.05) is 6.92 Å². The summed E-state index contributed by atoms with van der Waals surface area (Å²) in [7, 11) is 0. The second-order valence-corrected chi connectivity index (χ2v) is 6.33. The number of barbiturate groups is 1. The predicted octanol–water partition coefficient (Wildman–Crippen LogP) is 2.20. The lowest BCUT2D eigenvalue weighted by molar-refractivity contribution is -0.138. The fourth-order valence-corrected chi connectivity index (χ4v) is 3.12. The maximum absolute atomic E-state index is 12.5. The first-order valence-corrected chi connectivity index (χ1v) is 9.25. The van der Waals surface area contributed by atoms with Gasteiger partial charge in [0, 0.05) is 25.3 Å². The van der Waals surface area contributed by atoms with E-state index in [9.17, 15) is 24.3 Å². The van der Waals surface area contributed by atoms with E-state index in [0.717, 1.165) is 15.5 Å². The summed E-state index contributed by atoms with van der Waals surface area (Å²) in [6.07, 6.45) is 1.46. The highest BCUT2D eigenvalue weighted by atomic mass is 16.4. The Kier molecular flexibility index (Phi) is 6.56. The van der Waals surface area contributed by atoms with Crippen LogP contribution in [0.25, 0.3) is 6.08 Å². The zero-order chi connectivity index (χ0) is 21.0. The Hall–Kier alpha value is -3.16. The zero-order valence-corrected chi connectivity index (χ0v) is 16.5. The first kappa shape index (κ1) is 21.1. The average molecular weight is 387 g/mol. The molecule has 0 saturated carbocycles. The Bertz CT molecular complexity index is 788. The van der Waals surface area contributed by atoms with Crippen LogP contribution in [0.4, 0.5) is 10.5 Å². The fourth-order valence-electron chi connectivity index (χ4n) is 3.12. The van der Waals surface area contributed by atoms with Crippen LogP contribution in [0.1, 0.15) is 33.3 Å². The molecule has 0 radical (unpaired) electrons. The van der Waals surface area contributed by atoms with Crippen molar-refractivity contribution in [3.05, 3.63) is 35.4 Å². The van der Waals surface area contributed by atoms with Crippen molar-refractivity contribution in [1.29, 1.82) is 0 Å². The van der Waals surface area contributed by atoms with Crippen molar-refractivity contribution >= 4 is 35.6 Å². The monoisotopic (exact) mass is 387 g/mol. The number of urea groups is 1. The Morgan fingerprint density at radius 2 is 1.54 bits per heavy atom. The highest BCUT2D eigenvalue weighted by molar-refractivity contribution is 6.30. The van der Waals surface area contributed by atoms with Crippen molar-refractivity contribution in [2.24, 2.45) is 0 Å². The number of amides is 4. The van der Waals surface area contributed by atoms with Crippen molar-refractivity contribution < 1.29 is 24.3 Å². The number of carboxylic acid groups (broad SMARTS) is 1. The third-order valence-corrected chi connectivity index (χ3v) is 4.75. The number of carboxylic acids is 1. The number of likely N-dealkylation sites (N-methyl/N-ethyl adjacent to an activating group) is 3. The van der Waals surface area contributed by atoms with E-state index in [-0.39, 0.29) is 18.7 Å². The molecule has 150 valence electrons. The summed E-state index contributed by atoms with van der Waals surface area (Å²) in [4.78, 5) is 52.4. The normalized spacial score (nSPS) is 15.7. The first-order valence-electron chi connectivity index (χ1n) is 9.25. The van der Waals surface area contributed by atoms with Crippen LogP contribution in [-0.4, -0.2) is 64.4 Å². The Labute approximate surface area is 164 Å². The van der Waals surface area contributed by atoms with Crippen LogP contribution in [-0.2, 0) is 14.4 Å². The predicted molar refractivity (Wildman–Crippen MR) is 105 cm³/mol. The molecule has 0 aliphatic carbocycles. The molecule has 2 rings (SSSR count). The molecular weight excluding hydrogens is 362 g/mol. The van der Waals surface area contributed by atoms with Gasteiger partial charge >= 0.3 is 12.0 Å². The highest BCUT2D eigenvalue weighted by Crippen LogP contribution is 2.22. The Balaban J connectivity index is 2.36. The largest absolute Gasteiger partial charge is 0.480 e. The molecule has 28 heavy (non-hydrogen) atoms. The van der Waals surface area contributed by atoms with Crippen molar-refractivity contribution in [2.45, 2.75) is 33.7 Å². The molecular formula is C20H25N3O5. The lowest BCUT2D eigenvalue weighted by Gasteiger charge is -2.32. The van der Waals surface area contributed by atoms with Gasteiger partial charge in [-0.1, -0.05) is 12.1 Å². The lowest BCUT2D eigenvalue weighted by atomic mass is 10.1. The number of rotatable bonds is 7. The van der Waals surface area contributed by atoms with Crippen LogP contribution in [0, 0.1) is 0 Å². The molecule has 1 atom stereocenters. The van der Waals surface area contributed by atoms with Crippen LogP contribution in [0.3, 0.4) is 0 Å². The molecule has 1 aliphatic heterocycles. The molecule has 1 aromatic rings. The third kappa shape index (κ3) is 3.90. The third-order valence-electron chi connectivity index (χ3n) is 4.75. The average Bonchev–Trinajstić information content (AvgIpc) is 2.67. The maximum Gasteiger partial charge on any atom is 0.333 e. The number of aliphatic carboxylic acids is 1. The van der Waals surface area contributed by atoms with Gasteiger partial charge < -0.3 is 10.0 Å². The number of carbonyl (C=O) groups is 4. The van der Waals surface area contributed by atoms with Gasteiger partial charge in [-0.05, 0) is 51.5 Å². The summed E-state index contributed by atoms with van der Waals surface area (Å²) in [5, 5.41) is 9.23. The van der Waals surface area contributed by atoms with E-state index < -0.39 is 29.9 Å². The molecule has 1 unspecified atom stereocenters. The van der Waals surface area contributed by atoms with Gasteiger partial charge in [0.05, 0.1) is 0 Å². The summed E-state index contributed by atoms with van der Waals surface area (Å²) in [5.41, 5.74) is 1.27. The standard InChI is InChI=1S/C20H25N3O5/c1-5-21(13(4)19(26)27)15-10-8-14(9-11-15)12-16-17(24)22(6-2)20(28)23(7-3)18(16)25/h8-13H,5-7H2,1-4H3,(H,26,27). The van der Waals surface area contributed by atoms with Crippen molar-refractivity contribution in [3.8, 4) is 0 Å². The van der Waals surface area contributed by atoms with E-state index in [0.29, 0.717) is 12.1 Å². The topological polar surface area (TPSA) is 98.2 Å². The molecule has 8 heteroatoms. The molecule has 1 aliphatic rings. The number of hydrogen-bond acceptors (Lipinski definition) is 5. The zero-order valence-electron chi connectivity index (χ0n) is 16.5. The molecule has 0 aromatic heterocycles. The summed E-state index contributed by atoms with van der Waals surface area (Å²) in [6, 6.07) is 5.62. The van der Waals surface area contributed by atoms with Gasteiger partial charge in [-0.15, -0.1) is 0 Å². The number of benzene rings is 1. The van der Waals surface area contributed by atoms with Crippen molar-refractivity contribution in [2.75, 3.05) is 24.5 Å². The van der Waals surface area contributed by atoms with E-state index in [1.54, 1.807) is 49.9 Å². The van der Waals surface area contributed by atoms with Gasteiger partial charge in [0.15, 0.2) is 0 Å². The van der Waals surface area contributed by atoms with Crippen LogP contribution < -0.4 is 4.90 Å². The number of nitrogens with zero attached hydrogens (tertiary/aromatic N) is 3. The SMILES string of the molecule is CCN1C(=O)C(=Cc2ccc(N(CC)C(C)C(=O)O)cc2)C(=O)N(CC)C1=O. The van der Waals surface area contributed by atoms with Crippen LogP contribution >= 0.6 is 0 Å². The molecule has 8 nitrogen and oxygen atoms in total. The minimum absolute atomic E-state index is 0.0673. The molecule has 1 fully saturated rings. The molecule has 1 N–H and O–H groups in total. The van der Waals surface area contributed by atoms with Crippen molar-refractivity contribution in [1.82, 2.24) is 9.80 Å². The molecule has 0 bridgehead atoms. The fraction of sp³-hybridized carbons (Fsp3) is 0.400. The number of imide groups is 2. The minimum atomic E-state index is -0.921. The van der Waals surface area contributed by atoms with Gasteiger partial charge in [-0.25, -0.2) is 9.59 Å². The molecule has 1 aromatic carbocycles. The number of hydrogen-bond donors (Lipinski definition) is 1. The number of anilines is 1. The van der Waals surface area contributed by atoms with Gasteiger partial charge in [-0.2, -0.15) is 0 Å². The van der Waals surface area contributed by atoms with E-state index in [1.165, 1.54) is 6.08 Å². The quantitative estimate of drug-likeness (QED) is 0.569. The van der Waals surface area contributed by atoms with Gasteiger partial charge in [-0.3, -0.25) is 19.4 Å². The smallest absolute Gasteiger partial charge is 0.333 e. The van der Waals surface area contributed by atoms with Gasteiger partial charge in [0.2, 0.25) is 0 Å². The Morgan fingerprint density at radius 3 is 1.93 bits per heavy atom. The lowest BCUT2D eigenvalue weighted by Crippen LogP contribution is -2.56. The van der Waals surface area contributed by atoms with E-state index >= 15 is 0 Å². The second kappa shape index (κ2) is 8.69. The molecule has 4 amide bonds. The van der Waals surface area contributed by atoms with Gasteiger partial charge in [0.25, 0.3) is 11.8 Å². The second-order valence-electron chi connectivity index (χ2n) is 6.33. The molecule has 1 heterocycles. The maximum atomic E-state index is 12.5. The summed E-state index contributed by atoms with van der Waals surface area (Å²) in [6.45, 7) is 7.70.